The maximum absolute atomic E-state index is 11.6. The van der Waals surface area contributed by atoms with Gasteiger partial charge in [0.05, 0.1) is 25.1 Å². The van der Waals surface area contributed by atoms with Crippen LogP contribution in [0.1, 0.15) is 20.3 Å². The second-order valence-corrected chi connectivity index (χ2v) is 7.52. The smallest absolute Gasteiger partial charge is 0.325 e. The predicted octanol–water partition coefficient (Wildman–Crippen LogP) is 3.56. The van der Waals surface area contributed by atoms with E-state index in [0.717, 1.165) is 5.39 Å². The molecule has 5 rings (SSSR count). The van der Waals surface area contributed by atoms with Crippen LogP contribution in [0.2, 0.25) is 0 Å². The molecule has 0 radical (unpaired) electrons. The summed E-state index contributed by atoms with van der Waals surface area (Å²) in [5.74, 6) is 1.07. The number of nitrogens with zero attached hydrogens (tertiary/aromatic N) is 4. The molecular weight excluding hydrogens is 422 g/mol. The van der Waals surface area contributed by atoms with E-state index in [2.05, 4.69) is 23.7 Å². The molecule has 0 bridgehead atoms. The highest BCUT2D eigenvalue weighted by atomic mass is 16.5. The monoisotopic (exact) mass is 449 g/mol. The fraction of sp³-hybridized carbons (Fsp3) is 0.333. The quantitative estimate of drug-likeness (QED) is 0.369. The zero-order valence-electron chi connectivity index (χ0n) is 18.8. The van der Waals surface area contributed by atoms with Crippen LogP contribution in [0.3, 0.4) is 0 Å². The maximum atomic E-state index is 11.6. The zero-order valence-corrected chi connectivity index (χ0v) is 18.8. The van der Waals surface area contributed by atoms with Gasteiger partial charge in [0.2, 0.25) is 5.71 Å². The minimum Gasteiger partial charge on any atom is -0.432 e. The number of aromatic nitrogens is 3. The van der Waals surface area contributed by atoms with Gasteiger partial charge in [0.15, 0.2) is 17.2 Å². The van der Waals surface area contributed by atoms with Gasteiger partial charge in [-0.3, -0.25) is 4.79 Å². The van der Waals surface area contributed by atoms with Crippen LogP contribution in [-0.2, 0) is 9.53 Å². The minimum atomic E-state index is -0.510. The fourth-order valence-electron chi connectivity index (χ4n) is 3.45. The van der Waals surface area contributed by atoms with Crippen LogP contribution in [0.4, 0.5) is 5.82 Å². The molecule has 0 amide bonds. The highest BCUT2D eigenvalue weighted by Gasteiger charge is 2.23. The number of carbonyl (C=O) groups is 1. The number of esters is 1. The number of morpholine rings is 1. The standard InChI is InChI=1S/C21H19N5O4.C3H8/c22-12-16(27)29-14-4-1-3-13(11-14)19-24-17-15-5-2-6-23-21(15)30-18(17)20(25-19)26-7-9-28-10-8-26;1-3-2/h1-6,11H,7-10,12,22H2;3H2,1-2H3. The number of hydrogen-bond donors (Lipinski definition) is 1. The van der Waals surface area contributed by atoms with Crippen LogP contribution in [0, 0.1) is 0 Å². The first kappa shape index (κ1) is 22.6. The second kappa shape index (κ2) is 10.4. The summed E-state index contributed by atoms with van der Waals surface area (Å²) >= 11 is 0. The van der Waals surface area contributed by atoms with Crippen molar-refractivity contribution in [3.05, 3.63) is 42.6 Å². The van der Waals surface area contributed by atoms with Crippen LogP contribution in [0.5, 0.6) is 5.75 Å². The number of benzene rings is 1. The van der Waals surface area contributed by atoms with E-state index in [1.165, 1.54) is 6.42 Å². The molecule has 1 aliphatic heterocycles. The van der Waals surface area contributed by atoms with Gasteiger partial charge < -0.3 is 24.5 Å². The molecule has 4 aromatic rings. The third kappa shape index (κ3) is 4.94. The summed E-state index contributed by atoms with van der Waals surface area (Å²) in [5, 5.41) is 0.816. The van der Waals surface area contributed by atoms with Gasteiger partial charge in [0, 0.05) is 24.8 Å². The number of ether oxygens (including phenoxy) is 2. The average Bonchev–Trinajstić information content (AvgIpc) is 3.23. The van der Waals surface area contributed by atoms with Crippen molar-refractivity contribution < 1.29 is 18.7 Å². The number of fused-ring (bicyclic) bond motifs is 3. The minimum absolute atomic E-state index is 0.193. The summed E-state index contributed by atoms with van der Waals surface area (Å²) in [6, 6.07) is 10.8. The first-order valence-corrected chi connectivity index (χ1v) is 11.0. The molecule has 0 atom stereocenters. The Bertz CT molecular complexity index is 1250. The SMILES string of the molecule is CCC.NCC(=O)Oc1cccc(-c2nc(N3CCOCC3)c3oc4ncccc4c3n2)c1. The molecule has 1 fully saturated rings. The van der Waals surface area contributed by atoms with E-state index in [1.807, 2.05) is 18.2 Å². The Labute approximate surface area is 191 Å². The Hall–Kier alpha value is -3.56. The van der Waals surface area contributed by atoms with E-state index in [0.29, 0.717) is 66.1 Å². The first-order chi connectivity index (χ1) is 16.1. The van der Waals surface area contributed by atoms with Crippen LogP contribution < -0.4 is 15.4 Å². The van der Waals surface area contributed by atoms with Gasteiger partial charge in [-0.05, 0) is 24.3 Å². The molecule has 1 saturated heterocycles. The topological polar surface area (TPSA) is 117 Å². The van der Waals surface area contributed by atoms with E-state index in [4.69, 9.17) is 29.6 Å². The molecule has 172 valence electrons. The Morgan fingerprint density at radius 2 is 1.94 bits per heavy atom. The lowest BCUT2D eigenvalue weighted by molar-refractivity contribution is -0.132. The number of rotatable bonds is 4. The molecule has 0 spiro atoms. The van der Waals surface area contributed by atoms with Crippen molar-refractivity contribution in [1.29, 1.82) is 0 Å². The van der Waals surface area contributed by atoms with Gasteiger partial charge in [0.1, 0.15) is 11.3 Å². The van der Waals surface area contributed by atoms with Crippen molar-refractivity contribution in [2.24, 2.45) is 5.73 Å². The van der Waals surface area contributed by atoms with Crippen LogP contribution in [-0.4, -0.2) is 53.8 Å². The summed E-state index contributed by atoms with van der Waals surface area (Å²) < 4.78 is 16.7. The molecule has 0 saturated carbocycles. The summed E-state index contributed by atoms with van der Waals surface area (Å²) in [4.78, 5) is 27.6. The number of carbonyl (C=O) groups excluding carboxylic acids is 1. The number of anilines is 1. The van der Waals surface area contributed by atoms with E-state index >= 15 is 0 Å². The van der Waals surface area contributed by atoms with Crippen LogP contribution in [0.15, 0.2) is 47.0 Å². The van der Waals surface area contributed by atoms with Crippen LogP contribution in [0.25, 0.3) is 33.6 Å². The lowest BCUT2D eigenvalue weighted by atomic mass is 10.2. The molecule has 33 heavy (non-hydrogen) atoms. The molecule has 9 heteroatoms. The second-order valence-electron chi connectivity index (χ2n) is 7.52. The number of hydrogen-bond acceptors (Lipinski definition) is 9. The van der Waals surface area contributed by atoms with Gasteiger partial charge >= 0.3 is 5.97 Å². The Kier molecular flexibility index (Phi) is 7.11. The lowest BCUT2D eigenvalue weighted by Crippen LogP contribution is -2.37. The van der Waals surface area contributed by atoms with E-state index < -0.39 is 5.97 Å². The molecular formula is C24H27N5O4. The Morgan fingerprint density at radius 3 is 2.70 bits per heavy atom. The summed E-state index contributed by atoms with van der Waals surface area (Å²) in [6.45, 7) is 6.68. The molecule has 1 aromatic carbocycles. The maximum Gasteiger partial charge on any atom is 0.325 e. The Morgan fingerprint density at radius 1 is 1.15 bits per heavy atom. The van der Waals surface area contributed by atoms with Gasteiger partial charge in [-0.2, -0.15) is 0 Å². The van der Waals surface area contributed by atoms with E-state index in [1.54, 1.807) is 24.4 Å². The van der Waals surface area contributed by atoms with Crippen molar-refractivity contribution >= 4 is 34.0 Å². The average molecular weight is 450 g/mol. The number of furan rings is 1. The Balaban J connectivity index is 0.000000821. The van der Waals surface area contributed by atoms with Gasteiger partial charge in [-0.1, -0.05) is 32.4 Å². The molecule has 0 unspecified atom stereocenters. The van der Waals surface area contributed by atoms with Gasteiger partial charge in [-0.15, -0.1) is 0 Å². The molecule has 0 aliphatic carbocycles. The van der Waals surface area contributed by atoms with E-state index in [-0.39, 0.29) is 6.54 Å². The summed E-state index contributed by atoms with van der Waals surface area (Å²) in [7, 11) is 0. The number of pyridine rings is 1. The first-order valence-electron chi connectivity index (χ1n) is 11.0. The van der Waals surface area contributed by atoms with Crippen molar-refractivity contribution in [1.82, 2.24) is 15.0 Å². The largest absolute Gasteiger partial charge is 0.432 e. The van der Waals surface area contributed by atoms with Gasteiger partial charge in [-0.25, -0.2) is 15.0 Å². The molecule has 2 N–H and O–H groups in total. The summed E-state index contributed by atoms with van der Waals surface area (Å²) in [6.07, 6.45) is 2.93. The normalized spacial score (nSPS) is 13.6. The third-order valence-corrected chi connectivity index (χ3v) is 4.87. The summed E-state index contributed by atoms with van der Waals surface area (Å²) in [5.41, 5.74) is 7.86. The molecule has 4 heterocycles. The van der Waals surface area contributed by atoms with Crippen molar-refractivity contribution in [2.45, 2.75) is 20.3 Å². The lowest BCUT2D eigenvalue weighted by Gasteiger charge is -2.27. The fourth-order valence-corrected chi connectivity index (χ4v) is 3.45. The van der Waals surface area contributed by atoms with Gasteiger partial charge in [0.25, 0.3) is 0 Å². The predicted molar refractivity (Wildman–Crippen MR) is 126 cm³/mol. The zero-order chi connectivity index (χ0) is 23.2. The number of nitrogens with two attached hydrogens (primary N) is 1. The molecule has 9 nitrogen and oxygen atoms in total. The highest BCUT2D eigenvalue weighted by Crippen LogP contribution is 2.34. The van der Waals surface area contributed by atoms with Crippen molar-refractivity contribution in [2.75, 3.05) is 37.7 Å². The third-order valence-electron chi connectivity index (χ3n) is 4.87. The van der Waals surface area contributed by atoms with Crippen molar-refractivity contribution in [3.63, 3.8) is 0 Å². The van der Waals surface area contributed by atoms with E-state index in [9.17, 15) is 4.79 Å². The molecule has 1 aliphatic rings. The van der Waals surface area contributed by atoms with Crippen molar-refractivity contribution in [3.8, 4) is 17.1 Å². The highest BCUT2D eigenvalue weighted by molar-refractivity contribution is 6.05. The van der Waals surface area contributed by atoms with Crippen LogP contribution >= 0.6 is 0 Å². The molecule has 3 aromatic heterocycles.